The highest BCUT2D eigenvalue weighted by Gasteiger charge is 2.21. The molecule has 2 unspecified atom stereocenters. The first-order chi connectivity index (χ1) is 29.0. The number of rotatable bonds is 38. The Hall–Kier alpha value is -3.59. The molecule has 0 aliphatic carbocycles. The summed E-state index contributed by atoms with van der Waals surface area (Å²) in [7, 11) is 1.09. The van der Waals surface area contributed by atoms with Crippen molar-refractivity contribution in [1.29, 1.82) is 0 Å². The van der Waals surface area contributed by atoms with E-state index in [1.807, 2.05) is 45.4 Å². The fraction of sp³-hybridized carbons (Fsp3) is 0.560. The van der Waals surface area contributed by atoms with Crippen molar-refractivity contribution in [1.82, 2.24) is 0 Å². The summed E-state index contributed by atoms with van der Waals surface area (Å²) >= 11 is 0. The zero-order chi connectivity index (χ0) is 44.3. The summed E-state index contributed by atoms with van der Waals surface area (Å²) < 4.78 is 33.8. The molecule has 2 atom stereocenters. The van der Waals surface area contributed by atoms with Crippen LogP contribution in [-0.2, 0) is 32.7 Å². The molecule has 60 heavy (non-hydrogen) atoms. The smallest absolute Gasteiger partial charge is 0.306 e. The number of hydrogen-bond acceptors (Lipinski definition) is 8. The number of ether oxygens (including phenoxy) is 2. The lowest BCUT2D eigenvalue weighted by molar-refractivity contribution is -0.870. The SMILES string of the molecule is CC/C=C/C=C/C=C/CCCCCCCC(=O)OC(COC(=O)CCC/C=C/C/C=C/C/C=C/C/C=C/C/C=C/C/C=C/C/C=C/CC)COP(=O)([O-])OCC[N+](C)(C)C. The van der Waals surface area contributed by atoms with Crippen molar-refractivity contribution in [2.75, 3.05) is 47.5 Å². The number of quaternary nitrogens is 1. The molecule has 0 fully saturated rings. The average molecular weight is 854 g/mol. The van der Waals surface area contributed by atoms with Crippen LogP contribution in [0.3, 0.4) is 0 Å². The van der Waals surface area contributed by atoms with Gasteiger partial charge in [0.15, 0.2) is 6.10 Å². The maximum Gasteiger partial charge on any atom is 0.306 e. The Bertz CT molecular complexity index is 1430. The van der Waals surface area contributed by atoms with Crippen LogP contribution in [0.5, 0.6) is 0 Å². The second-order valence-electron chi connectivity index (χ2n) is 15.4. The van der Waals surface area contributed by atoms with Crippen LogP contribution in [0.15, 0.2) is 122 Å². The zero-order valence-electron chi connectivity index (χ0n) is 37.8. The quantitative estimate of drug-likeness (QED) is 0.0151. The second-order valence-corrected chi connectivity index (χ2v) is 16.8. The van der Waals surface area contributed by atoms with E-state index in [1.165, 1.54) is 0 Å². The van der Waals surface area contributed by atoms with Crippen LogP contribution in [0, 0.1) is 0 Å². The van der Waals surface area contributed by atoms with Gasteiger partial charge in [0, 0.05) is 12.8 Å². The van der Waals surface area contributed by atoms with Crippen LogP contribution in [0.25, 0.3) is 0 Å². The Balaban J connectivity index is 4.47. The normalized spacial score (nSPS) is 14.7. The van der Waals surface area contributed by atoms with Crippen LogP contribution in [0.1, 0.15) is 129 Å². The first-order valence-electron chi connectivity index (χ1n) is 22.3. The molecule has 0 saturated heterocycles. The standard InChI is InChI=1S/C50H80NO8P/c1-6-8-10-12-14-16-18-20-21-22-23-24-25-26-27-28-29-31-32-34-36-38-40-42-49(52)56-46-48(47-58-60(54,55)57-45-44-51(3,4)5)59-50(53)43-41-39-37-35-33-30-19-17-15-13-11-9-7-2/h8-11,13-17,19-21,23-24,26-27,29,31,34,36,48H,6-7,12,18,22,25,28,30,32-33,35,37-47H2,1-5H3/b10-8+,11-9+,15-13+,16-14+,19-17+,21-20+,24-23+,27-26+,31-29+,36-34+. The molecule has 0 amide bonds. The Kier molecular flexibility index (Phi) is 38.4. The predicted octanol–water partition coefficient (Wildman–Crippen LogP) is 12.3. The molecule has 0 rings (SSSR count). The number of nitrogens with zero attached hydrogens (tertiary/aromatic N) is 1. The number of likely N-dealkylation sites (N-methyl/N-ethyl adjacent to an activating group) is 1. The maximum absolute atomic E-state index is 12.6. The summed E-state index contributed by atoms with van der Waals surface area (Å²) in [5.41, 5.74) is 0. The first kappa shape index (κ1) is 56.4. The summed E-state index contributed by atoms with van der Waals surface area (Å²) in [5.74, 6) is -0.944. The molecular weight excluding hydrogens is 774 g/mol. The molecule has 0 aromatic carbocycles. The summed E-state index contributed by atoms with van der Waals surface area (Å²) in [6.45, 7) is 3.85. The largest absolute Gasteiger partial charge is 0.756 e. The van der Waals surface area contributed by atoms with E-state index >= 15 is 0 Å². The van der Waals surface area contributed by atoms with Crippen molar-refractivity contribution in [3.63, 3.8) is 0 Å². The van der Waals surface area contributed by atoms with Crippen LogP contribution in [0.2, 0.25) is 0 Å². The van der Waals surface area contributed by atoms with Gasteiger partial charge in [-0.3, -0.25) is 14.2 Å². The Morgan fingerprint density at radius 1 is 0.533 bits per heavy atom. The van der Waals surface area contributed by atoms with Crippen molar-refractivity contribution >= 4 is 19.8 Å². The van der Waals surface area contributed by atoms with Gasteiger partial charge in [-0.15, -0.1) is 0 Å². The Morgan fingerprint density at radius 2 is 1.00 bits per heavy atom. The summed E-state index contributed by atoms with van der Waals surface area (Å²) in [6.07, 6.45) is 56.7. The molecule has 338 valence electrons. The molecule has 0 aliphatic heterocycles. The molecule has 0 aromatic rings. The highest BCUT2D eigenvalue weighted by molar-refractivity contribution is 7.45. The van der Waals surface area contributed by atoms with Crippen LogP contribution < -0.4 is 4.89 Å². The topological polar surface area (TPSA) is 111 Å². The van der Waals surface area contributed by atoms with Crippen LogP contribution in [-0.4, -0.2) is 70.0 Å². The number of esters is 2. The fourth-order valence-electron chi connectivity index (χ4n) is 5.11. The molecule has 0 N–H and O–H groups in total. The summed E-state index contributed by atoms with van der Waals surface area (Å²) in [5, 5.41) is 0. The van der Waals surface area contributed by atoms with E-state index in [4.69, 9.17) is 18.5 Å². The lowest BCUT2D eigenvalue weighted by Crippen LogP contribution is -2.37. The monoisotopic (exact) mass is 854 g/mol. The Morgan fingerprint density at radius 3 is 1.55 bits per heavy atom. The van der Waals surface area contributed by atoms with Crippen molar-refractivity contribution in [2.24, 2.45) is 0 Å². The van der Waals surface area contributed by atoms with E-state index in [2.05, 4.69) is 111 Å². The number of carbonyl (C=O) groups is 2. The van der Waals surface area contributed by atoms with Crippen molar-refractivity contribution in [3.05, 3.63) is 122 Å². The van der Waals surface area contributed by atoms with E-state index in [9.17, 15) is 19.0 Å². The minimum absolute atomic E-state index is 0.0520. The van der Waals surface area contributed by atoms with Crippen molar-refractivity contribution < 1.29 is 42.1 Å². The maximum atomic E-state index is 12.6. The number of hydrogen-bond donors (Lipinski definition) is 0. The molecule has 0 aromatic heterocycles. The molecular formula is C50H80NO8P. The lowest BCUT2D eigenvalue weighted by Gasteiger charge is -2.28. The molecule has 0 heterocycles. The number of unbranched alkanes of at least 4 members (excludes halogenated alkanes) is 6. The second kappa shape index (κ2) is 40.8. The zero-order valence-corrected chi connectivity index (χ0v) is 38.7. The van der Waals surface area contributed by atoms with E-state index in [0.29, 0.717) is 30.3 Å². The van der Waals surface area contributed by atoms with Gasteiger partial charge in [0.1, 0.15) is 19.8 Å². The van der Waals surface area contributed by atoms with E-state index in [0.717, 1.165) is 83.5 Å². The molecule has 0 spiro atoms. The number of allylic oxidation sites excluding steroid dienone is 20. The first-order valence-corrected chi connectivity index (χ1v) is 23.7. The summed E-state index contributed by atoms with van der Waals surface area (Å²) in [4.78, 5) is 37.5. The third-order valence-corrected chi connectivity index (χ3v) is 9.50. The third-order valence-electron chi connectivity index (χ3n) is 8.54. The predicted molar refractivity (Wildman–Crippen MR) is 249 cm³/mol. The number of carbonyl (C=O) groups excluding carboxylic acids is 2. The van der Waals surface area contributed by atoms with Crippen molar-refractivity contribution in [2.45, 2.75) is 136 Å². The molecule has 10 heteroatoms. The van der Waals surface area contributed by atoms with Gasteiger partial charge in [-0.1, -0.05) is 155 Å². The summed E-state index contributed by atoms with van der Waals surface area (Å²) in [6, 6.07) is 0. The van der Waals surface area contributed by atoms with Crippen LogP contribution in [0.4, 0.5) is 0 Å². The van der Waals surface area contributed by atoms with E-state index in [1.54, 1.807) is 0 Å². The Labute approximate surface area is 365 Å². The van der Waals surface area contributed by atoms with Crippen molar-refractivity contribution in [3.8, 4) is 0 Å². The minimum atomic E-state index is -4.65. The van der Waals surface area contributed by atoms with Gasteiger partial charge in [0.2, 0.25) is 0 Å². The van der Waals surface area contributed by atoms with E-state index < -0.39 is 32.5 Å². The number of phosphoric acid groups is 1. The fourth-order valence-corrected chi connectivity index (χ4v) is 5.84. The highest BCUT2D eigenvalue weighted by Crippen LogP contribution is 2.38. The van der Waals surface area contributed by atoms with E-state index in [-0.39, 0.29) is 26.1 Å². The molecule has 9 nitrogen and oxygen atoms in total. The molecule has 0 saturated carbocycles. The van der Waals surface area contributed by atoms with Gasteiger partial charge in [-0.2, -0.15) is 0 Å². The number of phosphoric ester groups is 1. The van der Waals surface area contributed by atoms with Gasteiger partial charge >= 0.3 is 11.9 Å². The van der Waals surface area contributed by atoms with Gasteiger partial charge < -0.3 is 27.9 Å². The van der Waals surface area contributed by atoms with Crippen LogP contribution >= 0.6 is 7.82 Å². The van der Waals surface area contributed by atoms with Gasteiger partial charge in [-0.05, 0) is 83.5 Å². The van der Waals surface area contributed by atoms with Gasteiger partial charge in [-0.25, -0.2) is 0 Å². The molecule has 0 radical (unpaired) electrons. The van der Waals surface area contributed by atoms with Gasteiger partial charge in [0.25, 0.3) is 7.82 Å². The average Bonchev–Trinajstić information content (AvgIpc) is 3.20. The third kappa shape index (κ3) is 44.0. The molecule has 0 bridgehead atoms. The van der Waals surface area contributed by atoms with Gasteiger partial charge in [0.05, 0.1) is 27.7 Å². The highest BCUT2D eigenvalue weighted by atomic mass is 31.2. The minimum Gasteiger partial charge on any atom is -0.756 e. The lowest BCUT2D eigenvalue weighted by atomic mass is 10.1. The molecule has 0 aliphatic rings.